The van der Waals surface area contributed by atoms with Crippen LogP contribution in [0.3, 0.4) is 0 Å². The van der Waals surface area contributed by atoms with E-state index < -0.39 is 5.79 Å². The third-order valence-electron chi connectivity index (χ3n) is 6.04. The summed E-state index contributed by atoms with van der Waals surface area (Å²) in [4.78, 5) is 0. The van der Waals surface area contributed by atoms with Crippen LogP contribution in [0.15, 0.2) is 11.6 Å². The lowest BCUT2D eigenvalue weighted by atomic mass is 9.68. The molecular formula is C18H30O2. The summed E-state index contributed by atoms with van der Waals surface area (Å²) in [6.07, 6.45) is 7.50. The quantitative estimate of drug-likeness (QED) is 0.648. The van der Waals surface area contributed by atoms with Gasteiger partial charge in [-0.1, -0.05) is 32.4 Å². The molecule has 4 atom stereocenters. The smallest absolute Gasteiger partial charge is 0.164 e. The topological polar surface area (TPSA) is 18.5 Å². The van der Waals surface area contributed by atoms with Gasteiger partial charge in [-0.2, -0.15) is 0 Å². The van der Waals surface area contributed by atoms with Crippen molar-refractivity contribution < 1.29 is 9.47 Å². The second-order valence-corrected chi connectivity index (χ2v) is 8.32. The molecule has 114 valence electrons. The Morgan fingerprint density at radius 1 is 1.25 bits per heavy atom. The standard InChI is InChI=1S/C18H30O2/c1-12(2)18-14-8-7-13(3)9-10-17(14,6)11-15(18)19-16(4,5)20-18/h9,12,14-15H,7-8,10-11H2,1-6H3/t14-,15+,17+,18-/m0/s1. The fourth-order valence-electron chi connectivity index (χ4n) is 5.13. The maximum atomic E-state index is 6.60. The van der Waals surface area contributed by atoms with Crippen LogP contribution in [-0.4, -0.2) is 17.5 Å². The van der Waals surface area contributed by atoms with Crippen LogP contribution >= 0.6 is 0 Å². The molecule has 0 aromatic heterocycles. The zero-order valence-electron chi connectivity index (χ0n) is 14.0. The van der Waals surface area contributed by atoms with Gasteiger partial charge in [-0.05, 0) is 63.7 Å². The molecule has 1 saturated heterocycles. The molecule has 0 N–H and O–H groups in total. The Labute approximate surface area is 123 Å². The SMILES string of the molecule is CC1=CC[C@]2(C)C[C@H]3OC(C)(C)O[C@@]3(C(C)C)[C@H]2CC1. The number of rotatable bonds is 1. The predicted octanol–water partition coefficient (Wildman–Crippen LogP) is 4.69. The van der Waals surface area contributed by atoms with Crippen molar-refractivity contribution in [1.29, 1.82) is 0 Å². The number of hydrogen-bond donors (Lipinski definition) is 0. The first-order chi connectivity index (χ1) is 9.20. The van der Waals surface area contributed by atoms with E-state index in [1.54, 1.807) is 5.57 Å². The van der Waals surface area contributed by atoms with E-state index in [1.165, 1.54) is 19.3 Å². The van der Waals surface area contributed by atoms with Gasteiger partial charge in [0.2, 0.25) is 0 Å². The van der Waals surface area contributed by atoms with Gasteiger partial charge in [-0.25, -0.2) is 0 Å². The van der Waals surface area contributed by atoms with Crippen LogP contribution in [-0.2, 0) is 9.47 Å². The first-order valence-electron chi connectivity index (χ1n) is 8.23. The minimum atomic E-state index is -0.426. The van der Waals surface area contributed by atoms with Crippen molar-refractivity contribution in [2.45, 2.75) is 84.7 Å². The highest BCUT2D eigenvalue weighted by Gasteiger charge is 2.68. The fourth-order valence-corrected chi connectivity index (χ4v) is 5.13. The molecule has 0 amide bonds. The number of ether oxygens (including phenoxy) is 2. The number of allylic oxidation sites excluding steroid dienone is 2. The molecule has 3 aliphatic rings. The largest absolute Gasteiger partial charge is 0.344 e. The minimum absolute atomic E-state index is 0.0866. The first kappa shape index (κ1) is 14.6. The van der Waals surface area contributed by atoms with E-state index in [0.29, 0.717) is 17.3 Å². The van der Waals surface area contributed by atoms with Crippen LogP contribution in [0, 0.1) is 17.3 Å². The highest BCUT2D eigenvalue weighted by atomic mass is 16.8. The molecule has 3 rings (SSSR count). The lowest BCUT2D eigenvalue weighted by Gasteiger charge is -2.43. The Hall–Kier alpha value is -0.340. The summed E-state index contributed by atoms with van der Waals surface area (Å²) in [5.74, 6) is 0.681. The summed E-state index contributed by atoms with van der Waals surface area (Å²) in [5.41, 5.74) is 1.80. The minimum Gasteiger partial charge on any atom is -0.344 e. The average Bonchev–Trinajstić information content (AvgIpc) is 2.63. The lowest BCUT2D eigenvalue weighted by Crippen LogP contribution is -2.49. The normalized spacial score (nSPS) is 46.9. The molecule has 0 unspecified atom stereocenters. The maximum absolute atomic E-state index is 6.60. The molecule has 20 heavy (non-hydrogen) atoms. The molecule has 2 fully saturated rings. The lowest BCUT2D eigenvalue weighted by molar-refractivity contribution is -0.199. The zero-order chi connectivity index (χ0) is 14.8. The van der Waals surface area contributed by atoms with E-state index in [9.17, 15) is 0 Å². The van der Waals surface area contributed by atoms with Gasteiger partial charge < -0.3 is 9.47 Å². The molecule has 0 bridgehead atoms. The maximum Gasteiger partial charge on any atom is 0.164 e. The summed E-state index contributed by atoms with van der Waals surface area (Å²) in [7, 11) is 0. The van der Waals surface area contributed by atoms with E-state index in [0.717, 1.165) is 6.42 Å². The van der Waals surface area contributed by atoms with Crippen molar-refractivity contribution in [3.63, 3.8) is 0 Å². The molecule has 2 heteroatoms. The van der Waals surface area contributed by atoms with Gasteiger partial charge >= 0.3 is 0 Å². The van der Waals surface area contributed by atoms with Crippen LogP contribution in [0.4, 0.5) is 0 Å². The van der Waals surface area contributed by atoms with Gasteiger partial charge in [0.15, 0.2) is 5.79 Å². The third-order valence-corrected chi connectivity index (χ3v) is 6.04. The molecule has 0 radical (unpaired) electrons. The van der Waals surface area contributed by atoms with Crippen molar-refractivity contribution in [2.24, 2.45) is 17.3 Å². The Balaban J connectivity index is 2.02. The van der Waals surface area contributed by atoms with E-state index in [4.69, 9.17) is 9.47 Å². The van der Waals surface area contributed by atoms with E-state index >= 15 is 0 Å². The van der Waals surface area contributed by atoms with Crippen LogP contribution in [0.5, 0.6) is 0 Å². The van der Waals surface area contributed by atoms with E-state index in [1.807, 2.05) is 0 Å². The number of hydrogen-bond acceptors (Lipinski definition) is 2. The van der Waals surface area contributed by atoms with Crippen molar-refractivity contribution in [3.05, 3.63) is 11.6 Å². The second kappa shape index (κ2) is 4.33. The summed E-state index contributed by atoms with van der Waals surface area (Å²) in [6, 6.07) is 0. The van der Waals surface area contributed by atoms with E-state index in [-0.39, 0.29) is 11.7 Å². The van der Waals surface area contributed by atoms with Crippen LogP contribution in [0.25, 0.3) is 0 Å². The Kier molecular flexibility index (Phi) is 3.16. The summed E-state index contributed by atoms with van der Waals surface area (Å²) in [6.45, 7) is 13.5. The highest BCUT2D eigenvalue weighted by molar-refractivity contribution is 5.19. The van der Waals surface area contributed by atoms with Crippen LogP contribution < -0.4 is 0 Å². The van der Waals surface area contributed by atoms with Gasteiger partial charge in [0.25, 0.3) is 0 Å². The average molecular weight is 278 g/mol. The summed E-state index contributed by atoms with van der Waals surface area (Å²) >= 11 is 0. The summed E-state index contributed by atoms with van der Waals surface area (Å²) in [5, 5.41) is 0. The molecule has 2 aliphatic carbocycles. The van der Waals surface area contributed by atoms with E-state index in [2.05, 4.69) is 47.6 Å². The molecule has 0 spiro atoms. The van der Waals surface area contributed by atoms with Crippen molar-refractivity contribution in [1.82, 2.24) is 0 Å². The third kappa shape index (κ3) is 1.91. The molecule has 0 aromatic carbocycles. The summed E-state index contributed by atoms with van der Waals surface area (Å²) < 4.78 is 12.9. The molecule has 2 nitrogen and oxygen atoms in total. The van der Waals surface area contributed by atoms with Gasteiger partial charge in [0.05, 0.1) is 6.10 Å². The van der Waals surface area contributed by atoms with Gasteiger partial charge in [0.1, 0.15) is 5.60 Å². The zero-order valence-corrected chi connectivity index (χ0v) is 14.0. The second-order valence-electron chi connectivity index (χ2n) is 8.32. The molecular weight excluding hydrogens is 248 g/mol. The monoisotopic (exact) mass is 278 g/mol. The van der Waals surface area contributed by atoms with Gasteiger partial charge in [-0.3, -0.25) is 0 Å². The van der Waals surface area contributed by atoms with Crippen molar-refractivity contribution >= 4 is 0 Å². The van der Waals surface area contributed by atoms with Crippen molar-refractivity contribution in [3.8, 4) is 0 Å². The van der Waals surface area contributed by atoms with Crippen LogP contribution in [0.2, 0.25) is 0 Å². The molecule has 1 saturated carbocycles. The fraction of sp³-hybridized carbons (Fsp3) is 0.889. The Morgan fingerprint density at radius 3 is 2.60 bits per heavy atom. The molecule has 1 heterocycles. The molecule has 1 aliphatic heterocycles. The molecule has 0 aromatic rings. The Morgan fingerprint density at radius 2 is 1.95 bits per heavy atom. The van der Waals surface area contributed by atoms with Gasteiger partial charge in [-0.15, -0.1) is 0 Å². The van der Waals surface area contributed by atoms with Crippen LogP contribution in [0.1, 0.15) is 67.2 Å². The number of fused-ring (bicyclic) bond motifs is 3. The first-order valence-corrected chi connectivity index (χ1v) is 8.23. The van der Waals surface area contributed by atoms with Gasteiger partial charge in [0, 0.05) is 0 Å². The highest BCUT2D eigenvalue weighted by Crippen LogP contribution is 2.63. The van der Waals surface area contributed by atoms with Crippen molar-refractivity contribution in [2.75, 3.05) is 0 Å². The Bertz CT molecular complexity index is 437. The predicted molar refractivity (Wildman–Crippen MR) is 81.4 cm³/mol.